The van der Waals surface area contributed by atoms with Crippen LogP contribution < -0.4 is 4.74 Å². The number of carbonyl (C=O) groups is 1. The van der Waals surface area contributed by atoms with E-state index >= 15 is 0 Å². The van der Waals surface area contributed by atoms with E-state index in [9.17, 15) is 4.79 Å². The normalized spacial score (nSPS) is 12.3. The highest BCUT2D eigenvalue weighted by Crippen LogP contribution is 2.25. The van der Waals surface area contributed by atoms with Crippen LogP contribution in [0.25, 0.3) is 10.8 Å². The van der Waals surface area contributed by atoms with Crippen molar-refractivity contribution < 1.29 is 9.53 Å². The summed E-state index contributed by atoms with van der Waals surface area (Å²) in [5.74, 6) is 0.629. The molecule has 0 aliphatic rings. The third kappa shape index (κ3) is 2.52. The minimum absolute atomic E-state index is 0.0142. The molecule has 0 fully saturated rings. The van der Waals surface area contributed by atoms with Gasteiger partial charge in [-0.1, -0.05) is 24.3 Å². The first-order valence-electron chi connectivity index (χ1n) is 6.79. The van der Waals surface area contributed by atoms with Gasteiger partial charge < -0.3 is 4.74 Å². The van der Waals surface area contributed by atoms with Crippen LogP contribution in [-0.4, -0.2) is 22.6 Å². The molecule has 1 aromatic heterocycles. The van der Waals surface area contributed by atoms with Crippen molar-refractivity contribution in [2.24, 2.45) is 0 Å². The van der Waals surface area contributed by atoms with Crippen molar-refractivity contribution in [3.8, 4) is 5.75 Å². The number of rotatable bonds is 3. The number of fused-ring (bicyclic) bond motifs is 1. The summed E-state index contributed by atoms with van der Waals surface area (Å²) in [7, 11) is 1.65. The number of hydrogen-bond acceptors (Lipinski definition) is 3. The molecule has 4 nitrogen and oxygen atoms in total. The second-order valence-corrected chi connectivity index (χ2v) is 5.00. The molecule has 0 saturated carbocycles. The molecule has 1 unspecified atom stereocenters. The SMILES string of the molecule is COc1ccc2cc(C(C)C(=O)n3ccnc3)ccc2c1. The van der Waals surface area contributed by atoms with Crippen molar-refractivity contribution >= 4 is 16.7 Å². The van der Waals surface area contributed by atoms with E-state index in [0.29, 0.717) is 0 Å². The Kier molecular flexibility index (Phi) is 3.44. The predicted octanol–water partition coefficient (Wildman–Crippen LogP) is 3.49. The predicted molar refractivity (Wildman–Crippen MR) is 81.8 cm³/mol. The molecule has 1 atom stereocenters. The number of hydrogen-bond donors (Lipinski definition) is 0. The van der Waals surface area contributed by atoms with Crippen LogP contribution in [0.3, 0.4) is 0 Å². The zero-order valence-electron chi connectivity index (χ0n) is 12.0. The summed E-state index contributed by atoms with van der Waals surface area (Å²) in [5.41, 5.74) is 0.992. The van der Waals surface area contributed by atoms with E-state index in [2.05, 4.69) is 4.98 Å². The van der Waals surface area contributed by atoms with Crippen LogP contribution in [0.15, 0.2) is 55.1 Å². The van der Waals surface area contributed by atoms with Gasteiger partial charge in [-0.2, -0.15) is 0 Å². The summed E-state index contributed by atoms with van der Waals surface area (Å²) in [6.07, 6.45) is 4.81. The third-order valence-corrected chi connectivity index (χ3v) is 3.70. The molecular formula is C17H16N2O2. The van der Waals surface area contributed by atoms with Gasteiger partial charge >= 0.3 is 0 Å². The van der Waals surface area contributed by atoms with Crippen molar-refractivity contribution in [3.63, 3.8) is 0 Å². The Bertz CT molecular complexity index is 779. The maximum absolute atomic E-state index is 12.3. The second-order valence-electron chi connectivity index (χ2n) is 5.00. The van der Waals surface area contributed by atoms with Crippen LogP contribution in [0.2, 0.25) is 0 Å². The second kappa shape index (κ2) is 5.40. The van der Waals surface area contributed by atoms with E-state index < -0.39 is 0 Å². The number of aromatic nitrogens is 2. The van der Waals surface area contributed by atoms with Crippen LogP contribution in [0.5, 0.6) is 5.75 Å². The molecule has 1 heterocycles. The van der Waals surface area contributed by atoms with Crippen LogP contribution in [-0.2, 0) is 0 Å². The van der Waals surface area contributed by atoms with Crippen LogP contribution in [0, 0.1) is 0 Å². The van der Waals surface area contributed by atoms with E-state index in [1.807, 2.05) is 43.3 Å². The Morgan fingerprint density at radius 2 is 1.95 bits per heavy atom. The maximum Gasteiger partial charge on any atom is 0.239 e. The van der Waals surface area contributed by atoms with Gasteiger partial charge in [0.05, 0.1) is 13.0 Å². The van der Waals surface area contributed by atoms with Gasteiger partial charge in [0.15, 0.2) is 0 Å². The topological polar surface area (TPSA) is 44.1 Å². The molecule has 2 aromatic carbocycles. The van der Waals surface area contributed by atoms with Crippen molar-refractivity contribution in [3.05, 3.63) is 60.7 Å². The van der Waals surface area contributed by atoms with Gasteiger partial charge in [-0.05, 0) is 35.4 Å². The maximum atomic E-state index is 12.3. The van der Waals surface area contributed by atoms with Gasteiger partial charge in [0.2, 0.25) is 5.91 Å². The number of imidazole rings is 1. The van der Waals surface area contributed by atoms with E-state index in [0.717, 1.165) is 22.1 Å². The fourth-order valence-corrected chi connectivity index (χ4v) is 2.39. The van der Waals surface area contributed by atoms with E-state index in [1.165, 1.54) is 10.9 Å². The highest BCUT2D eigenvalue weighted by Gasteiger charge is 2.17. The lowest BCUT2D eigenvalue weighted by molar-refractivity contribution is 0.0884. The highest BCUT2D eigenvalue weighted by molar-refractivity contribution is 5.89. The number of ether oxygens (including phenoxy) is 1. The monoisotopic (exact) mass is 280 g/mol. The average Bonchev–Trinajstić information content (AvgIpc) is 3.06. The molecule has 4 heteroatoms. The third-order valence-electron chi connectivity index (χ3n) is 3.70. The average molecular weight is 280 g/mol. The highest BCUT2D eigenvalue weighted by atomic mass is 16.5. The molecule has 0 spiro atoms. The summed E-state index contributed by atoms with van der Waals surface area (Å²) in [4.78, 5) is 16.3. The molecule has 0 saturated heterocycles. The molecule has 0 aliphatic heterocycles. The van der Waals surface area contributed by atoms with Crippen molar-refractivity contribution in [2.75, 3.05) is 7.11 Å². The molecule has 0 N–H and O–H groups in total. The first kappa shape index (κ1) is 13.4. The van der Waals surface area contributed by atoms with Gasteiger partial charge in [-0.15, -0.1) is 0 Å². The Morgan fingerprint density at radius 3 is 2.67 bits per heavy atom. The Labute approximate surface area is 123 Å². The molecule has 3 aromatic rings. The van der Waals surface area contributed by atoms with Crippen LogP contribution in [0.4, 0.5) is 0 Å². The van der Waals surface area contributed by atoms with E-state index in [1.54, 1.807) is 19.5 Å². The number of carbonyl (C=O) groups excluding carboxylic acids is 1. The minimum Gasteiger partial charge on any atom is -0.497 e. The zero-order chi connectivity index (χ0) is 14.8. The molecule has 0 radical (unpaired) electrons. The zero-order valence-corrected chi connectivity index (χ0v) is 12.0. The lowest BCUT2D eigenvalue weighted by Gasteiger charge is -2.12. The van der Waals surface area contributed by atoms with Crippen molar-refractivity contribution in [1.82, 2.24) is 9.55 Å². The lowest BCUT2D eigenvalue weighted by Crippen LogP contribution is -2.16. The molecule has 3 rings (SSSR count). The van der Waals surface area contributed by atoms with E-state index in [4.69, 9.17) is 4.74 Å². The molecule has 0 amide bonds. The van der Waals surface area contributed by atoms with Gasteiger partial charge in [0.1, 0.15) is 12.1 Å². The summed E-state index contributed by atoms with van der Waals surface area (Å²) >= 11 is 0. The summed E-state index contributed by atoms with van der Waals surface area (Å²) in [6, 6.07) is 12.0. The van der Waals surface area contributed by atoms with Crippen molar-refractivity contribution in [1.29, 1.82) is 0 Å². The number of nitrogens with zero attached hydrogens (tertiary/aromatic N) is 2. The Balaban J connectivity index is 1.95. The van der Waals surface area contributed by atoms with Gasteiger partial charge in [-0.3, -0.25) is 9.36 Å². The van der Waals surface area contributed by atoms with Gasteiger partial charge in [0, 0.05) is 12.4 Å². The summed E-state index contributed by atoms with van der Waals surface area (Å²) in [6.45, 7) is 1.91. The Morgan fingerprint density at radius 1 is 1.19 bits per heavy atom. The summed E-state index contributed by atoms with van der Waals surface area (Å²) < 4.78 is 6.74. The van der Waals surface area contributed by atoms with Crippen molar-refractivity contribution in [2.45, 2.75) is 12.8 Å². The first-order chi connectivity index (χ1) is 10.2. The Hall–Kier alpha value is -2.62. The molecule has 106 valence electrons. The first-order valence-corrected chi connectivity index (χ1v) is 6.79. The number of methoxy groups -OCH3 is 1. The van der Waals surface area contributed by atoms with Crippen LogP contribution >= 0.6 is 0 Å². The van der Waals surface area contributed by atoms with Gasteiger partial charge in [0.25, 0.3) is 0 Å². The smallest absolute Gasteiger partial charge is 0.239 e. The molecule has 0 bridgehead atoms. The minimum atomic E-state index is -0.217. The molecule has 0 aliphatic carbocycles. The largest absolute Gasteiger partial charge is 0.497 e. The summed E-state index contributed by atoms with van der Waals surface area (Å²) in [5, 5.41) is 2.19. The number of benzene rings is 2. The van der Waals surface area contributed by atoms with E-state index in [-0.39, 0.29) is 11.8 Å². The van der Waals surface area contributed by atoms with Crippen LogP contribution in [0.1, 0.15) is 23.2 Å². The fraction of sp³-hybridized carbons (Fsp3) is 0.176. The molecule has 21 heavy (non-hydrogen) atoms. The standard InChI is InChI=1S/C17H16N2O2/c1-12(17(20)19-8-7-18-11-19)13-3-4-15-10-16(21-2)6-5-14(15)9-13/h3-12H,1-2H3. The van der Waals surface area contributed by atoms with Gasteiger partial charge in [-0.25, -0.2) is 4.98 Å². The molecular weight excluding hydrogens is 264 g/mol. The fourth-order valence-electron chi connectivity index (χ4n) is 2.39. The quantitative estimate of drug-likeness (QED) is 0.737. The lowest BCUT2D eigenvalue weighted by atomic mass is 9.97.